The van der Waals surface area contributed by atoms with Crippen LogP contribution >= 0.6 is 0 Å². The van der Waals surface area contributed by atoms with Crippen LogP contribution in [0.4, 0.5) is 0 Å². The van der Waals surface area contributed by atoms with Crippen molar-refractivity contribution >= 4 is 21.5 Å². The van der Waals surface area contributed by atoms with E-state index in [1.165, 1.54) is 0 Å². The molecule has 0 unspecified atom stereocenters. The number of phenols is 2. The summed E-state index contributed by atoms with van der Waals surface area (Å²) in [7, 11) is 0. The summed E-state index contributed by atoms with van der Waals surface area (Å²) in [6, 6.07) is 26.6. The molecule has 0 atom stereocenters. The first-order chi connectivity index (χ1) is 10.8. The zero-order valence-corrected chi connectivity index (χ0v) is 13.5. The Kier molecular flexibility index (Phi) is 5.64. The standard InChI is InChI=1S/2C10H8O.Mn/c2*11-10-7-3-5-8-4-1-2-6-9(8)10;/h2*1-7,11H;. The summed E-state index contributed by atoms with van der Waals surface area (Å²) in [6.07, 6.45) is 0. The first-order valence-electron chi connectivity index (χ1n) is 7.09. The predicted molar refractivity (Wildman–Crippen MR) is 91.2 cm³/mol. The summed E-state index contributed by atoms with van der Waals surface area (Å²) >= 11 is 0. The molecule has 0 saturated heterocycles. The van der Waals surface area contributed by atoms with Crippen LogP contribution < -0.4 is 0 Å². The molecule has 0 heterocycles. The molecule has 0 saturated carbocycles. The number of hydrogen-bond acceptors (Lipinski definition) is 2. The van der Waals surface area contributed by atoms with E-state index in [0.29, 0.717) is 11.5 Å². The minimum absolute atomic E-state index is 0. The maximum atomic E-state index is 9.37. The molecule has 23 heavy (non-hydrogen) atoms. The van der Waals surface area contributed by atoms with E-state index in [9.17, 15) is 10.2 Å². The molecule has 0 fully saturated rings. The number of rotatable bonds is 0. The maximum absolute atomic E-state index is 9.37. The van der Waals surface area contributed by atoms with E-state index in [0.717, 1.165) is 21.5 Å². The van der Waals surface area contributed by atoms with Crippen LogP contribution in [0, 0.1) is 0 Å². The molecular formula is C20H16MnO2. The van der Waals surface area contributed by atoms with Gasteiger partial charge in [0.25, 0.3) is 0 Å². The fourth-order valence-electron chi connectivity index (χ4n) is 2.42. The quantitative estimate of drug-likeness (QED) is 0.437. The SMILES string of the molecule is Oc1cccc2ccccc12.Oc1cccc2ccccc12.[Mn]. The molecule has 3 heteroatoms. The third kappa shape index (κ3) is 3.84. The van der Waals surface area contributed by atoms with Crippen LogP contribution in [-0.4, -0.2) is 10.2 Å². The smallest absolute Gasteiger partial charge is 0.123 e. The first kappa shape index (κ1) is 16.9. The molecule has 4 aromatic carbocycles. The summed E-state index contributed by atoms with van der Waals surface area (Å²) in [6.45, 7) is 0. The van der Waals surface area contributed by atoms with Crippen molar-refractivity contribution < 1.29 is 27.3 Å². The van der Waals surface area contributed by atoms with Gasteiger partial charge in [0.1, 0.15) is 11.5 Å². The molecular weight excluding hydrogens is 327 g/mol. The molecule has 4 rings (SSSR count). The molecule has 0 amide bonds. The van der Waals surface area contributed by atoms with E-state index in [2.05, 4.69) is 0 Å². The monoisotopic (exact) mass is 343 g/mol. The third-order valence-electron chi connectivity index (χ3n) is 3.53. The van der Waals surface area contributed by atoms with Crippen molar-refractivity contribution in [3.05, 3.63) is 84.9 Å². The van der Waals surface area contributed by atoms with Crippen molar-refractivity contribution in [1.82, 2.24) is 0 Å². The van der Waals surface area contributed by atoms with Gasteiger partial charge in [-0.3, -0.25) is 0 Å². The average molecular weight is 343 g/mol. The van der Waals surface area contributed by atoms with Crippen LogP contribution in [0.2, 0.25) is 0 Å². The molecule has 2 N–H and O–H groups in total. The molecule has 2 nitrogen and oxygen atoms in total. The zero-order chi connectivity index (χ0) is 15.4. The van der Waals surface area contributed by atoms with E-state index in [4.69, 9.17) is 0 Å². The zero-order valence-electron chi connectivity index (χ0n) is 12.4. The van der Waals surface area contributed by atoms with E-state index < -0.39 is 0 Å². The number of aromatic hydroxyl groups is 2. The fraction of sp³-hybridized carbons (Fsp3) is 0. The Morgan fingerprint density at radius 3 is 1.17 bits per heavy atom. The Morgan fingerprint density at radius 2 is 0.783 bits per heavy atom. The first-order valence-corrected chi connectivity index (χ1v) is 7.09. The number of fused-ring (bicyclic) bond motifs is 2. The molecule has 0 aliphatic heterocycles. The Hall–Kier alpha value is -2.48. The molecule has 0 aliphatic carbocycles. The van der Waals surface area contributed by atoms with Gasteiger partial charge >= 0.3 is 0 Å². The van der Waals surface area contributed by atoms with E-state index in [1.807, 2.05) is 72.8 Å². The molecule has 0 aromatic heterocycles. The molecule has 115 valence electrons. The van der Waals surface area contributed by atoms with Gasteiger partial charge < -0.3 is 10.2 Å². The van der Waals surface area contributed by atoms with Crippen LogP contribution in [0.25, 0.3) is 21.5 Å². The van der Waals surface area contributed by atoms with Crippen molar-refractivity contribution in [3.63, 3.8) is 0 Å². The summed E-state index contributed by atoms with van der Waals surface area (Å²) in [5.74, 6) is 0.700. The predicted octanol–water partition coefficient (Wildman–Crippen LogP) is 5.09. The second-order valence-corrected chi connectivity index (χ2v) is 5.00. The summed E-state index contributed by atoms with van der Waals surface area (Å²) in [5, 5.41) is 22.7. The van der Waals surface area contributed by atoms with Crippen LogP contribution in [-0.2, 0) is 17.1 Å². The van der Waals surface area contributed by atoms with Gasteiger partial charge in [-0.1, -0.05) is 72.8 Å². The maximum Gasteiger partial charge on any atom is 0.123 e. The summed E-state index contributed by atoms with van der Waals surface area (Å²) < 4.78 is 0. The van der Waals surface area contributed by atoms with Crippen molar-refractivity contribution in [2.24, 2.45) is 0 Å². The molecule has 0 aliphatic rings. The Morgan fingerprint density at radius 1 is 0.435 bits per heavy atom. The Balaban J connectivity index is 0.000000160. The van der Waals surface area contributed by atoms with Crippen LogP contribution in [0.1, 0.15) is 0 Å². The van der Waals surface area contributed by atoms with Crippen molar-refractivity contribution in [1.29, 1.82) is 0 Å². The summed E-state index contributed by atoms with van der Waals surface area (Å²) in [5.41, 5.74) is 0. The van der Waals surface area contributed by atoms with Gasteiger partial charge in [0.2, 0.25) is 0 Å². The molecule has 0 bridgehead atoms. The number of benzene rings is 4. The molecule has 0 spiro atoms. The van der Waals surface area contributed by atoms with Gasteiger partial charge in [-0.25, -0.2) is 0 Å². The molecule has 1 radical (unpaired) electrons. The van der Waals surface area contributed by atoms with E-state index in [1.54, 1.807) is 12.1 Å². The van der Waals surface area contributed by atoms with Gasteiger partial charge in [-0.05, 0) is 22.9 Å². The van der Waals surface area contributed by atoms with Crippen LogP contribution in [0.15, 0.2) is 84.9 Å². The fourth-order valence-corrected chi connectivity index (χ4v) is 2.42. The second kappa shape index (κ2) is 7.68. The minimum Gasteiger partial charge on any atom is -0.507 e. The number of phenolic OH excluding ortho intramolecular Hbond substituents is 2. The molecule has 4 aromatic rings. The Labute approximate surface area is 145 Å². The normalized spacial score (nSPS) is 9.74. The van der Waals surface area contributed by atoms with Gasteiger partial charge in [0.15, 0.2) is 0 Å². The van der Waals surface area contributed by atoms with Gasteiger partial charge in [-0.2, -0.15) is 0 Å². The minimum atomic E-state index is 0. The van der Waals surface area contributed by atoms with Gasteiger partial charge in [0, 0.05) is 27.8 Å². The second-order valence-electron chi connectivity index (χ2n) is 5.00. The van der Waals surface area contributed by atoms with Crippen LogP contribution in [0.3, 0.4) is 0 Å². The van der Waals surface area contributed by atoms with Crippen molar-refractivity contribution in [2.75, 3.05) is 0 Å². The Bertz CT molecular complexity index is 831. The largest absolute Gasteiger partial charge is 0.507 e. The average Bonchev–Trinajstić information content (AvgIpc) is 2.57. The van der Waals surface area contributed by atoms with Crippen molar-refractivity contribution in [3.8, 4) is 11.5 Å². The van der Waals surface area contributed by atoms with E-state index in [-0.39, 0.29) is 17.1 Å². The van der Waals surface area contributed by atoms with E-state index >= 15 is 0 Å². The summed E-state index contributed by atoms with van der Waals surface area (Å²) in [4.78, 5) is 0. The van der Waals surface area contributed by atoms with Crippen LogP contribution in [0.5, 0.6) is 11.5 Å². The number of hydrogen-bond donors (Lipinski definition) is 2. The topological polar surface area (TPSA) is 40.5 Å². The van der Waals surface area contributed by atoms with Gasteiger partial charge in [0.05, 0.1) is 0 Å². The third-order valence-corrected chi connectivity index (χ3v) is 3.53. The van der Waals surface area contributed by atoms with Crippen molar-refractivity contribution in [2.45, 2.75) is 0 Å². The van der Waals surface area contributed by atoms with Gasteiger partial charge in [-0.15, -0.1) is 0 Å².